The smallest absolute Gasteiger partial charge is 0.151 e. The van der Waals surface area contributed by atoms with E-state index in [9.17, 15) is 0 Å². The number of unbranched alkanes of at least 4 members (excludes halogenated alkanes) is 1. The van der Waals surface area contributed by atoms with Crippen molar-refractivity contribution in [3.8, 4) is 50.3 Å². The molecule has 0 saturated carbocycles. The van der Waals surface area contributed by atoms with Crippen LogP contribution in [-0.4, -0.2) is 37.3 Å². The molecule has 0 unspecified atom stereocenters. The second-order valence-electron chi connectivity index (χ2n) is 15.5. The third kappa shape index (κ3) is 7.91. The van der Waals surface area contributed by atoms with Gasteiger partial charge in [-0.3, -0.25) is 0 Å². The van der Waals surface area contributed by atoms with Crippen molar-refractivity contribution in [1.29, 1.82) is 0 Å². The Morgan fingerprint density at radius 1 is 0.429 bits per heavy atom. The van der Waals surface area contributed by atoms with Crippen LogP contribution in [0.15, 0.2) is 168 Å². The van der Waals surface area contributed by atoms with Gasteiger partial charge in [0.1, 0.15) is 5.75 Å². The molecule has 6 nitrogen and oxygen atoms in total. The van der Waals surface area contributed by atoms with E-state index in [1.807, 2.05) is 17.8 Å². The van der Waals surface area contributed by atoms with Crippen LogP contribution in [-0.2, 0) is 0 Å². The lowest BCUT2D eigenvalue weighted by Gasteiger charge is -2.09. The molecule has 0 spiro atoms. The zero-order chi connectivity index (χ0) is 42.0. The minimum absolute atomic E-state index is 0.656. The minimum Gasteiger partial charge on any atom is -0.494 e. The summed E-state index contributed by atoms with van der Waals surface area (Å²) in [6.45, 7) is 0.656. The topological polar surface area (TPSA) is 79.5 Å². The second kappa shape index (κ2) is 17.2. The third-order valence-corrected chi connectivity index (χ3v) is 13.7. The minimum atomic E-state index is 0.656. The summed E-state index contributed by atoms with van der Waals surface area (Å²) in [6.07, 6.45) is 10.6. The average molecular weight is 852 g/mol. The van der Waals surface area contributed by atoms with Crippen LogP contribution in [0.5, 0.6) is 5.75 Å². The number of benzene rings is 5. The van der Waals surface area contributed by atoms with Gasteiger partial charge in [0.05, 0.1) is 39.6 Å². The van der Waals surface area contributed by atoms with Crippen molar-refractivity contribution < 1.29 is 4.74 Å². The summed E-state index contributed by atoms with van der Waals surface area (Å²) in [7, 11) is 0. The number of aromatic nitrogens is 5. The maximum absolute atomic E-state index is 6.28. The van der Waals surface area contributed by atoms with E-state index in [1.54, 1.807) is 11.3 Å². The predicted molar refractivity (Wildman–Crippen MR) is 266 cm³/mol. The highest BCUT2D eigenvalue weighted by atomic mass is 32.2. The molecular formula is C55H41N5OS2. The molecule has 4 aromatic heterocycles. The van der Waals surface area contributed by atoms with Gasteiger partial charge in [-0.05, 0) is 108 Å². The lowest BCUT2D eigenvalue weighted by Crippen LogP contribution is -1.98. The molecular weight excluding hydrogens is 811 g/mol. The van der Waals surface area contributed by atoms with Crippen LogP contribution in [0.1, 0.15) is 35.6 Å². The lowest BCUT2D eigenvalue weighted by molar-refractivity contribution is 0.310. The summed E-state index contributed by atoms with van der Waals surface area (Å²) in [5, 5.41) is 0. The number of fused-ring (bicyclic) bond motifs is 9. The molecule has 11 rings (SSSR count). The maximum atomic E-state index is 6.28. The van der Waals surface area contributed by atoms with Crippen molar-refractivity contribution in [1.82, 2.24) is 24.9 Å². The van der Waals surface area contributed by atoms with Crippen LogP contribution in [0, 0.1) is 0 Å². The number of thioether (sulfide) groups is 1. The highest BCUT2D eigenvalue weighted by molar-refractivity contribution is 8.01. The molecule has 0 amide bonds. The van der Waals surface area contributed by atoms with E-state index in [0.29, 0.717) is 6.61 Å². The van der Waals surface area contributed by atoms with Gasteiger partial charge in [-0.25, -0.2) is 15.0 Å². The maximum Gasteiger partial charge on any atom is 0.151 e. The first-order chi connectivity index (χ1) is 31.2. The van der Waals surface area contributed by atoms with Crippen LogP contribution in [0.4, 0.5) is 0 Å². The number of thiazole rings is 1. The largest absolute Gasteiger partial charge is 0.494 e. The van der Waals surface area contributed by atoms with E-state index < -0.39 is 0 Å². The lowest BCUT2D eigenvalue weighted by atomic mass is 10.0. The van der Waals surface area contributed by atoms with Crippen molar-refractivity contribution in [3.05, 3.63) is 187 Å². The first-order valence-electron chi connectivity index (χ1n) is 21.3. The number of H-pyrrole nitrogens is 2. The van der Waals surface area contributed by atoms with Gasteiger partial charge in [0, 0.05) is 50.1 Å². The zero-order valence-corrected chi connectivity index (χ0v) is 35.9. The highest BCUT2D eigenvalue weighted by Gasteiger charge is 2.19. The quantitative estimate of drug-likeness (QED) is 0.100. The standard InChI is InChI=1S/C55H41N5OS2/c1-4-14-36(15-5-1)51-42-26-28-44(56-42)52(37-16-6-2-7-17-37)46-30-32-48(58-46)54(49-33-31-47(59-49)53(38-18-8-3-9-19-38)45-29-27-43(51)57-45)39-22-24-40(25-23-39)61-34-12-13-35-62-55-60-41-20-10-11-21-50(41)63-55/h1-11,14-33,56,59H,12-13,34-35H2. The molecule has 8 bridgehead atoms. The van der Waals surface area contributed by atoms with E-state index in [0.717, 1.165) is 124 Å². The van der Waals surface area contributed by atoms with E-state index >= 15 is 0 Å². The summed E-state index contributed by atoms with van der Waals surface area (Å²) >= 11 is 3.59. The van der Waals surface area contributed by atoms with E-state index in [4.69, 9.17) is 19.7 Å². The molecule has 2 aliphatic rings. The molecule has 2 aliphatic heterocycles. The number of hydrogen-bond donors (Lipinski definition) is 2. The van der Waals surface area contributed by atoms with Crippen LogP contribution >= 0.6 is 23.1 Å². The Morgan fingerprint density at radius 2 is 0.857 bits per heavy atom. The summed E-state index contributed by atoms with van der Waals surface area (Å²) in [4.78, 5) is 23.3. The molecule has 304 valence electrons. The Balaban J connectivity index is 1.02. The van der Waals surface area contributed by atoms with Crippen LogP contribution in [0.2, 0.25) is 0 Å². The fourth-order valence-corrected chi connectivity index (χ4v) is 10.6. The Kier molecular flexibility index (Phi) is 10.6. The average Bonchev–Trinajstić information content (AvgIpc) is 4.20. The summed E-state index contributed by atoms with van der Waals surface area (Å²) in [6, 6.07) is 57.0. The Morgan fingerprint density at radius 3 is 1.32 bits per heavy atom. The normalized spacial score (nSPS) is 12.0. The molecule has 2 N–H and O–H groups in total. The number of nitrogens with zero attached hydrogens (tertiary/aromatic N) is 3. The molecule has 63 heavy (non-hydrogen) atoms. The molecule has 0 radical (unpaired) electrons. The van der Waals surface area contributed by atoms with Crippen molar-refractivity contribution in [3.63, 3.8) is 0 Å². The molecule has 0 atom stereocenters. The van der Waals surface area contributed by atoms with Gasteiger partial charge in [0.25, 0.3) is 0 Å². The van der Waals surface area contributed by atoms with Crippen molar-refractivity contribution in [2.24, 2.45) is 0 Å². The molecule has 5 aromatic carbocycles. The number of aromatic amines is 2. The number of para-hydroxylation sites is 1. The van der Waals surface area contributed by atoms with E-state index in [2.05, 4.69) is 192 Å². The summed E-state index contributed by atoms with van der Waals surface area (Å²) in [5.74, 6) is 1.86. The van der Waals surface area contributed by atoms with Gasteiger partial charge in [0.15, 0.2) is 4.34 Å². The SMILES string of the molecule is C1=Cc2nc1c(-c1ccccc1)c1ccc([nH]1)c(-c1ccccc1)c1nc(c(-c3ccc(OCCCCSc4nc5ccccc5s4)cc3)c3ccc([nH]3)c2-c2ccccc2)C=C1. The Hall–Kier alpha value is -7.26. The molecule has 0 fully saturated rings. The fraction of sp³-hybridized carbons (Fsp3) is 0.0727. The second-order valence-corrected chi connectivity index (χ2v) is 17.8. The van der Waals surface area contributed by atoms with Crippen molar-refractivity contribution in [2.75, 3.05) is 12.4 Å². The number of rotatable bonds is 11. The molecule has 0 saturated heterocycles. The molecule has 0 aliphatic carbocycles. The van der Waals surface area contributed by atoms with E-state index in [-0.39, 0.29) is 0 Å². The molecule has 6 heterocycles. The van der Waals surface area contributed by atoms with Crippen LogP contribution in [0.3, 0.4) is 0 Å². The van der Waals surface area contributed by atoms with Crippen molar-refractivity contribution >= 4 is 79.7 Å². The Bertz CT molecular complexity index is 3260. The fourth-order valence-electron chi connectivity index (χ4n) is 8.42. The van der Waals surface area contributed by atoms with Gasteiger partial charge < -0.3 is 14.7 Å². The zero-order valence-electron chi connectivity index (χ0n) is 34.3. The number of nitrogens with one attached hydrogen (secondary N) is 2. The van der Waals surface area contributed by atoms with Gasteiger partial charge >= 0.3 is 0 Å². The van der Waals surface area contributed by atoms with Gasteiger partial charge in [0.2, 0.25) is 0 Å². The predicted octanol–water partition coefficient (Wildman–Crippen LogP) is 14.9. The van der Waals surface area contributed by atoms with Gasteiger partial charge in [-0.15, -0.1) is 11.3 Å². The summed E-state index contributed by atoms with van der Waals surface area (Å²) < 4.78 is 8.65. The van der Waals surface area contributed by atoms with Crippen molar-refractivity contribution in [2.45, 2.75) is 17.2 Å². The third-order valence-electron chi connectivity index (χ3n) is 11.4. The molecule has 8 heteroatoms. The monoisotopic (exact) mass is 851 g/mol. The molecule has 9 aromatic rings. The van der Waals surface area contributed by atoms with Gasteiger partial charge in [-0.1, -0.05) is 127 Å². The van der Waals surface area contributed by atoms with Crippen LogP contribution in [0.25, 0.3) is 101 Å². The highest BCUT2D eigenvalue weighted by Crippen LogP contribution is 2.39. The van der Waals surface area contributed by atoms with Crippen LogP contribution < -0.4 is 4.74 Å². The Labute approximate surface area is 373 Å². The number of ether oxygens (including phenoxy) is 1. The van der Waals surface area contributed by atoms with E-state index in [1.165, 1.54) is 4.70 Å². The summed E-state index contributed by atoms with van der Waals surface area (Å²) in [5.41, 5.74) is 16.9. The first-order valence-corrected chi connectivity index (χ1v) is 23.1. The first kappa shape index (κ1) is 38.6. The number of hydrogen-bond acceptors (Lipinski definition) is 6. The van der Waals surface area contributed by atoms with Gasteiger partial charge in [-0.2, -0.15) is 0 Å².